The highest BCUT2D eigenvalue weighted by Gasteiger charge is 2.13. The van der Waals surface area contributed by atoms with E-state index in [0.29, 0.717) is 6.54 Å². The number of carbonyl (C=O) groups excluding carboxylic acids is 1. The molecular formula is C14H25Cl2N3O2. The van der Waals surface area contributed by atoms with E-state index in [1.54, 1.807) is 0 Å². The van der Waals surface area contributed by atoms with Crippen LogP contribution in [0.4, 0.5) is 0 Å². The summed E-state index contributed by atoms with van der Waals surface area (Å²) in [6.45, 7) is 1.56. The average molecular weight is 338 g/mol. The van der Waals surface area contributed by atoms with Crippen LogP contribution < -0.4 is 11.1 Å². The molecule has 21 heavy (non-hydrogen) atoms. The molecule has 1 rings (SSSR count). The number of hydrogen-bond acceptors (Lipinski definition) is 4. The minimum atomic E-state index is -0.619. The normalized spacial score (nSPS) is 11.3. The van der Waals surface area contributed by atoms with Crippen LogP contribution in [0.5, 0.6) is 0 Å². The molecule has 3 N–H and O–H groups in total. The van der Waals surface area contributed by atoms with E-state index in [4.69, 9.17) is 10.5 Å². The molecule has 5 nitrogen and oxygen atoms in total. The number of nitrogens with one attached hydrogen (secondary N) is 1. The fourth-order valence-electron chi connectivity index (χ4n) is 1.79. The fourth-order valence-corrected chi connectivity index (χ4v) is 1.79. The third kappa shape index (κ3) is 8.24. The molecule has 1 unspecified atom stereocenters. The van der Waals surface area contributed by atoms with Gasteiger partial charge < -0.3 is 20.7 Å². The molecule has 122 valence electrons. The Bertz CT molecular complexity index is 417. The minimum Gasteiger partial charge on any atom is -0.383 e. The highest BCUT2D eigenvalue weighted by Crippen LogP contribution is 2.10. The van der Waals surface area contributed by atoms with Crippen LogP contribution in [-0.2, 0) is 22.6 Å². The first-order chi connectivity index (χ1) is 9.04. The Morgan fingerprint density at radius 2 is 1.86 bits per heavy atom. The van der Waals surface area contributed by atoms with Crippen molar-refractivity contribution in [3.8, 4) is 0 Å². The van der Waals surface area contributed by atoms with Gasteiger partial charge in [-0.05, 0) is 25.2 Å². The summed E-state index contributed by atoms with van der Waals surface area (Å²) in [7, 11) is 5.56. The van der Waals surface area contributed by atoms with Crippen LogP contribution in [0.3, 0.4) is 0 Å². The number of nitrogens with zero attached hydrogens (tertiary/aromatic N) is 1. The summed E-state index contributed by atoms with van der Waals surface area (Å²) < 4.78 is 4.86. The lowest BCUT2D eigenvalue weighted by molar-refractivity contribution is -0.123. The van der Waals surface area contributed by atoms with E-state index in [0.717, 1.165) is 12.1 Å². The van der Waals surface area contributed by atoms with E-state index in [-0.39, 0.29) is 37.3 Å². The molecule has 1 aromatic carbocycles. The second-order valence-electron chi connectivity index (χ2n) is 4.79. The summed E-state index contributed by atoms with van der Waals surface area (Å²) in [5, 5.41) is 2.83. The molecule has 7 heteroatoms. The number of rotatable bonds is 7. The largest absolute Gasteiger partial charge is 0.383 e. The molecule has 0 spiro atoms. The number of methoxy groups -OCH3 is 1. The van der Waals surface area contributed by atoms with Gasteiger partial charge in [-0.15, -0.1) is 24.8 Å². The van der Waals surface area contributed by atoms with Gasteiger partial charge in [0.05, 0.1) is 6.61 Å². The average Bonchev–Trinajstić information content (AvgIpc) is 2.37. The molecule has 0 fully saturated rings. The van der Waals surface area contributed by atoms with Gasteiger partial charge >= 0.3 is 0 Å². The molecule has 0 aliphatic heterocycles. The van der Waals surface area contributed by atoms with Crippen molar-refractivity contribution in [3.63, 3.8) is 0 Å². The van der Waals surface area contributed by atoms with E-state index in [2.05, 4.69) is 16.3 Å². The zero-order valence-corrected chi connectivity index (χ0v) is 14.3. The highest BCUT2D eigenvalue weighted by atomic mass is 35.5. The molecule has 1 amide bonds. The molecule has 0 radical (unpaired) electrons. The van der Waals surface area contributed by atoms with Crippen LogP contribution in [0.1, 0.15) is 11.1 Å². The van der Waals surface area contributed by atoms with Crippen molar-refractivity contribution in [1.29, 1.82) is 0 Å². The van der Waals surface area contributed by atoms with E-state index >= 15 is 0 Å². The summed E-state index contributed by atoms with van der Waals surface area (Å²) in [6, 6.07) is 7.43. The molecule has 0 bridgehead atoms. The van der Waals surface area contributed by atoms with E-state index in [1.807, 2.05) is 32.3 Å². The molecule has 0 saturated heterocycles. The van der Waals surface area contributed by atoms with Crippen molar-refractivity contribution in [1.82, 2.24) is 10.2 Å². The minimum absolute atomic E-state index is 0. The standard InChI is InChI=1S/C14H23N3O2.2ClH/c1-17(2)9-12-7-5-4-6-11(12)8-16-14(18)13(15)10-19-3;;/h4-7,13H,8-10,15H2,1-3H3,(H,16,18);2*1H. The lowest BCUT2D eigenvalue weighted by Gasteiger charge is -2.16. The predicted octanol–water partition coefficient (Wildman–Crippen LogP) is 1.18. The van der Waals surface area contributed by atoms with Gasteiger partial charge in [0.2, 0.25) is 5.91 Å². The van der Waals surface area contributed by atoms with Crippen molar-refractivity contribution < 1.29 is 9.53 Å². The monoisotopic (exact) mass is 337 g/mol. The third-order valence-corrected chi connectivity index (χ3v) is 2.74. The molecule has 1 atom stereocenters. The van der Waals surface area contributed by atoms with Gasteiger partial charge in [-0.1, -0.05) is 24.3 Å². The molecule has 0 aliphatic carbocycles. The molecular weight excluding hydrogens is 313 g/mol. The van der Waals surface area contributed by atoms with Crippen LogP contribution in [0.2, 0.25) is 0 Å². The molecule has 0 aromatic heterocycles. The fraction of sp³-hybridized carbons (Fsp3) is 0.500. The Kier molecular flexibility index (Phi) is 12.6. The van der Waals surface area contributed by atoms with Gasteiger partial charge in [0.15, 0.2) is 0 Å². The lowest BCUT2D eigenvalue weighted by atomic mass is 10.1. The second kappa shape index (κ2) is 11.8. The number of benzene rings is 1. The summed E-state index contributed by atoms with van der Waals surface area (Å²) in [6.07, 6.45) is 0. The number of hydrogen-bond donors (Lipinski definition) is 2. The summed E-state index contributed by atoms with van der Waals surface area (Å²) in [4.78, 5) is 13.8. The SMILES string of the molecule is COCC(N)C(=O)NCc1ccccc1CN(C)C.Cl.Cl. The van der Waals surface area contributed by atoms with Crippen LogP contribution in [0, 0.1) is 0 Å². The van der Waals surface area contributed by atoms with Crippen molar-refractivity contribution >= 4 is 30.7 Å². The Balaban J connectivity index is 0. The van der Waals surface area contributed by atoms with Crippen LogP contribution >= 0.6 is 24.8 Å². The van der Waals surface area contributed by atoms with Crippen molar-refractivity contribution in [2.45, 2.75) is 19.1 Å². The van der Waals surface area contributed by atoms with E-state index in [1.165, 1.54) is 12.7 Å². The molecule has 0 saturated carbocycles. The quantitative estimate of drug-likeness (QED) is 0.784. The highest BCUT2D eigenvalue weighted by molar-refractivity contribution is 5.85. The first-order valence-electron chi connectivity index (χ1n) is 6.28. The maximum atomic E-state index is 11.7. The first-order valence-corrected chi connectivity index (χ1v) is 6.28. The van der Waals surface area contributed by atoms with Crippen molar-refractivity contribution in [3.05, 3.63) is 35.4 Å². The Morgan fingerprint density at radius 3 is 2.38 bits per heavy atom. The number of ether oxygens (including phenoxy) is 1. The first kappa shape index (κ1) is 22.4. The van der Waals surface area contributed by atoms with E-state index in [9.17, 15) is 4.79 Å². The summed E-state index contributed by atoms with van der Waals surface area (Å²) in [5.74, 6) is -0.193. The number of amides is 1. The van der Waals surface area contributed by atoms with Crippen molar-refractivity contribution in [2.24, 2.45) is 5.73 Å². The van der Waals surface area contributed by atoms with Crippen LogP contribution in [0.15, 0.2) is 24.3 Å². The van der Waals surface area contributed by atoms with Gasteiger partial charge in [-0.3, -0.25) is 4.79 Å². The van der Waals surface area contributed by atoms with Gasteiger partial charge in [-0.2, -0.15) is 0 Å². The molecule has 1 aromatic rings. The number of carbonyl (C=O) groups is 1. The Hall–Kier alpha value is -0.850. The maximum Gasteiger partial charge on any atom is 0.239 e. The summed E-state index contributed by atoms with van der Waals surface area (Å²) >= 11 is 0. The second-order valence-corrected chi connectivity index (χ2v) is 4.79. The third-order valence-electron chi connectivity index (χ3n) is 2.74. The zero-order chi connectivity index (χ0) is 14.3. The maximum absolute atomic E-state index is 11.7. The Morgan fingerprint density at radius 1 is 1.29 bits per heavy atom. The Labute approximate surface area is 139 Å². The zero-order valence-electron chi connectivity index (χ0n) is 12.7. The molecule has 0 heterocycles. The lowest BCUT2D eigenvalue weighted by Crippen LogP contribution is -2.43. The summed E-state index contributed by atoms with van der Waals surface area (Å²) in [5.41, 5.74) is 7.97. The van der Waals surface area contributed by atoms with Gasteiger partial charge in [-0.25, -0.2) is 0 Å². The number of halogens is 2. The van der Waals surface area contributed by atoms with Crippen molar-refractivity contribution in [2.75, 3.05) is 27.8 Å². The smallest absolute Gasteiger partial charge is 0.239 e. The van der Waals surface area contributed by atoms with Gasteiger partial charge in [0.25, 0.3) is 0 Å². The van der Waals surface area contributed by atoms with Crippen LogP contribution in [-0.4, -0.2) is 44.7 Å². The topological polar surface area (TPSA) is 67.6 Å². The molecule has 0 aliphatic rings. The van der Waals surface area contributed by atoms with Gasteiger partial charge in [0, 0.05) is 20.2 Å². The number of nitrogens with two attached hydrogens (primary N) is 1. The van der Waals surface area contributed by atoms with E-state index < -0.39 is 6.04 Å². The van der Waals surface area contributed by atoms with Gasteiger partial charge in [0.1, 0.15) is 6.04 Å². The van der Waals surface area contributed by atoms with Crippen LogP contribution in [0.25, 0.3) is 0 Å². The predicted molar refractivity (Wildman–Crippen MR) is 90.0 cm³/mol.